The van der Waals surface area contributed by atoms with Crippen LogP contribution < -0.4 is 4.90 Å². The lowest BCUT2D eigenvalue weighted by Gasteiger charge is -2.38. The van der Waals surface area contributed by atoms with Crippen molar-refractivity contribution >= 4 is 15.7 Å². The molecular weight excluding hydrogens is 312 g/mol. The zero-order valence-electron chi connectivity index (χ0n) is 14.1. The Bertz CT molecular complexity index is 573. The van der Waals surface area contributed by atoms with Gasteiger partial charge in [-0.2, -0.15) is 0 Å². The molecule has 0 amide bonds. The minimum atomic E-state index is -3.13. The van der Waals surface area contributed by atoms with Gasteiger partial charge in [-0.3, -0.25) is 0 Å². The van der Waals surface area contributed by atoms with Crippen LogP contribution in [0.2, 0.25) is 0 Å². The maximum atomic E-state index is 11.8. The topological polar surface area (TPSA) is 60.9 Å². The highest BCUT2D eigenvalue weighted by Crippen LogP contribution is 2.25. The van der Waals surface area contributed by atoms with Gasteiger partial charge in [-0.25, -0.2) is 12.7 Å². The van der Waals surface area contributed by atoms with Gasteiger partial charge < -0.3 is 10.0 Å². The Morgan fingerprint density at radius 3 is 2.61 bits per heavy atom. The number of sulfonamides is 1. The van der Waals surface area contributed by atoms with Gasteiger partial charge in [0.2, 0.25) is 10.0 Å². The van der Waals surface area contributed by atoms with Crippen molar-refractivity contribution in [3.63, 3.8) is 0 Å². The second-order valence-corrected chi connectivity index (χ2v) is 8.34. The summed E-state index contributed by atoms with van der Waals surface area (Å²) < 4.78 is 25.2. The van der Waals surface area contributed by atoms with E-state index in [0.29, 0.717) is 19.0 Å². The fraction of sp³-hybridized carbons (Fsp3) is 0.647. The summed E-state index contributed by atoms with van der Waals surface area (Å²) >= 11 is 0. The van der Waals surface area contributed by atoms with Crippen molar-refractivity contribution in [3.8, 4) is 0 Å². The quantitative estimate of drug-likeness (QED) is 0.824. The molecule has 0 unspecified atom stereocenters. The summed E-state index contributed by atoms with van der Waals surface area (Å²) in [6.07, 6.45) is 4.06. The van der Waals surface area contributed by atoms with E-state index in [1.165, 1.54) is 6.26 Å². The predicted octanol–water partition coefficient (Wildman–Crippen LogP) is 1.94. The van der Waals surface area contributed by atoms with E-state index in [0.717, 1.165) is 31.5 Å². The molecule has 2 rings (SSSR count). The summed E-state index contributed by atoms with van der Waals surface area (Å²) in [5.41, 5.74) is 1.09. The fourth-order valence-corrected chi connectivity index (χ4v) is 4.23. The molecule has 1 N–H and O–H groups in total. The van der Waals surface area contributed by atoms with Crippen molar-refractivity contribution in [3.05, 3.63) is 30.3 Å². The number of hydrogen-bond donors (Lipinski definition) is 1. The van der Waals surface area contributed by atoms with Crippen LogP contribution in [0.1, 0.15) is 26.2 Å². The number of benzene rings is 1. The van der Waals surface area contributed by atoms with Crippen molar-refractivity contribution in [2.24, 2.45) is 5.92 Å². The standard InChI is InChI=1S/C17H28N2O3S/c1-3-16(14-20)19(17-9-5-4-6-10-17)13-15-8-7-11-18(12-15)23(2,21)22/h4-6,9-10,15-16,20H,3,7-8,11-14H2,1-2H3/t15-,16-/m1/s1. The molecule has 0 aromatic heterocycles. The van der Waals surface area contributed by atoms with E-state index >= 15 is 0 Å². The van der Waals surface area contributed by atoms with Crippen LogP contribution in [0.3, 0.4) is 0 Å². The smallest absolute Gasteiger partial charge is 0.211 e. The summed E-state index contributed by atoms with van der Waals surface area (Å²) in [7, 11) is -3.13. The largest absolute Gasteiger partial charge is 0.394 e. The number of piperidine rings is 1. The normalized spacial score (nSPS) is 21.1. The highest BCUT2D eigenvalue weighted by Gasteiger charge is 2.28. The molecule has 6 heteroatoms. The molecular formula is C17H28N2O3S. The van der Waals surface area contributed by atoms with Crippen molar-refractivity contribution in [2.45, 2.75) is 32.2 Å². The lowest BCUT2D eigenvalue weighted by molar-refractivity contribution is 0.234. The average Bonchev–Trinajstić information content (AvgIpc) is 2.55. The van der Waals surface area contributed by atoms with Crippen LogP contribution in [-0.4, -0.2) is 56.4 Å². The SMILES string of the molecule is CC[C@H](CO)N(C[C@@H]1CCCN(S(C)(=O)=O)C1)c1ccccc1. The number of aliphatic hydroxyl groups excluding tert-OH is 1. The molecule has 1 fully saturated rings. The van der Waals surface area contributed by atoms with Crippen LogP contribution in [0.25, 0.3) is 0 Å². The third kappa shape index (κ3) is 4.93. The first-order valence-corrected chi connectivity index (χ1v) is 10.2. The zero-order chi connectivity index (χ0) is 16.9. The van der Waals surface area contributed by atoms with Crippen LogP contribution in [0, 0.1) is 5.92 Å². The molecule has 0 aliphatic carbocycles. The fourth-order valence-electron chi connectivity index (χ4n) is 3.29. The van der Waals surface area contributed by atoms with E-state index in [2.05, 4.69) is 24.0 Å². The molecule has 5 nitrogen and oxygen atoms in total. The first-order valence-electron chi connectivity index (χ1n) is 8.33. The molecule has 0 bridgehead atoms. The molecule has 2 atom stereocenters. The Hall–Kier alpha value is -1.11. The molecule has 0 radical (unpaired) electrons. The summed E-state index contributed by atoms with van der Waals surface area (Å²) in [6, 6.07) is 10.1. The first-order chi connectivity index (χ1) is 11.0. The lowest BCUT2D eigenvalue weighted by Crippen LogP contribution is -2.46. The Morgan fingerprint density at radius 1 is 1.35 bits per heavy atom. The molecule has 130 valence electrons. The zero-order valence-corrected chi connectivity index (χ0v) is 14.9. The Kier molecular flexibility index (Phi) is 6.44. The maximum absolute atomic E-state index is 11.8. The van der Waals surface area contributed by atoms with Gasteiger partial charge in [-0.1, -0.05) is 25.1 Å². The van der Waals surface area contributed by atoms with E-state index in [1.807, 2.05) is 18.2 Å². The monoisotopic (exact) mass is 340 g/mol. The van der Waals surface area contributed by atoms with Gasteiger partial charge in [0.25, 0.3) is 0 Å². The Labute approximate surface area is 140 Å². The van der Waals surface area contributed by atoms with Gasteiger partial charge in [0.1, 0.15) is 0 Å². The van der Waals surface area contributed by atoms with Gasteiger partial charge in [0.05, 0.1) is 18.9 Å². The first kappa shape index (κ1) is 18.2. The molecule has 1 aromatic rings. The highest BCUT2D eigenvalue weighted by atomic mass is 32.2. The molecule has 1 heterocycles. The second-order valence-electron chi connectivity index (χ2n) is 6.36. The number of anilines is 1. The second kappa shape index (κ2) is 8.13. The van der Waals surface area contributed by atoms with E-state index in [-0.39, 0.29) is 12.6 Å². The van der Waals surface area contributed by atoms with Crippen LogP contribution >= 0.6 is 0 Å². The molecule has 1 aliphatic heterocycles. The minimum Gasteiger partial charge on any atom is -0.394 e. The van der Waals surface area contributed by atoms with Crippen molar-refractivity contribution in [2.75, 3.05) is 37.4 Å². The third-order valence-corrected chi connectivity index (χ3v) is 5.89. The lowest BCUT2D eigenvalue weighted by atomic mass is 9.97. The third-order valence-electron chi connectivity index (χ3n) is 4.62. The van der Waals surface area contributed by atoms with Gasteiger partial charge >= 0.3 is 0 Å². The molecule has 0 saturated carbocycles. The number of para-hydroxylation sites is 1. The van der Waals surface area contributed by atoms with Gasteiger partial charge in [0.15, 0.2) is 0 Å². The van der Waals surface area contributed by atoms with Gasteiger partial charge in [-0.15, -0.1) is 0 Å². The Balaban J connectivity index is 2.14. The van der Waals surface area contributed by atoms with Crippen LogP contribution in [0.4, 0.5) is 5.69 Å². The van der Waals surface area contributed by atoms with Crippen molar-refractivity contribution in [1.29, 1.82) is 0 Å². The summed E-state index contributed by atoms with van der Waals surface area (Å²) in [5, 5.41) is 9.72. The molecule has 0 spiro atoms. The molecule has 1 aliphatic rings. The summed E-state index contributed by atoms with van der Waals surface area (Å²) in [4.78, 5) is 2.23. The number of nitrogens with zero attached hydrogens (tertiary/aromatic N) is 2. The van der Waals surface area contributed by atoms with Crippen LogP contribution in [0.5, 0.6) is 0 Å². The highest BCUT2D eigenvalue weighted by molar-refractivity contribution is 7.88. The molecule has 23 heavy (non-hydrogen) atoms. The molecule has 1 aromatic carbocycles. The Morgan fingerprint density at radius 2 is 2.04 bits per heavy atom. The summed E-state index contributed by atoms with van der Waals surface area (Å²) in [5.74, 6) is 0.291. The van der Waals surface area contributed by atoms with E-state index < -0.39 is 10.0 Å². The average molecular weight is 340 g/mol. The molecule has 1 saturated heterocycles. The van der Waals surface area contributed by atoms with Crippen LogP contribution in [0.15, 0.2) is 30.3 Å². The number of aliphatic hydroxyl groups is 1. The van der Waals surface area contributed by atoms with Crippen molar-refractivity contribution in [1.82, 2.24) is 4.31 Å². The predicted molar refractivity (Wildman–Crippen MR) is 94.1 cm³/mol. The van der Waals surface area contributed by atoms with Crippen LogP contribution in [-0.2, 0) is 10.0 Å². The van der Waals surface area contributed by atoms with Crippen molar-refractivity contribution < 1.29 is 13.5 Å². The number of hydrogen-bond acceptors (Lipinski definition) is 4. The van der Waals surface area contributed by atoms with Gasteiger partial charge in [0, 0.05) is 25.3 Å². The minimum absolute atomic E-state index is 0.0611. The number of rotatable bonds is 7. The van der Waals surface area contributed by atoms with E-state index in [9.17, 15) is 13.5 Å². The van der Waals surface area contributed by atoms with E-state index in [1.54, 1.807) is 4.31 Å². The maximum Gasteiger partial charge on any atom is 0.211 e. The summed E-state index contributed by atoms with van der Waals surface area (Å²) in [6.45, 7) is 4.14. The van der Waals surface area contributed by atoms with Gasteiger partial charge in [-0.05, 0) is 37.3 Å². The van der Waals surface area contributed by atoms with E-state index in [4.69, 9.17) is 0 Å².